The minimum Gasteiger partial charge on any atom is -0.618 e. The van der Waals surface area contributed by atoms with E-state index in [-0.39, 0.29) is 5.75 Å². The van der Waals surface area contributed by atoms with Gasteiger partial charge in [-0.1, -0.05) is 30.3 Å². The molecular formula is C20H15NO2. The van der Waals surface area contributed by atoms with Crippen molar-refractivity contribution in [3.05, 3.63) is 77.6 Å². The third-order valence-corrected chi connectivity index (χ3v) is 4.18. The molecule has 112 valence electrons. The van der Waals surface area contributed by atoms with Crippen molar-refractivity contribution in [2.75, 3.05) is 0 Å². The molecular weight excluding hydrogens is 286 g/mol. The molecule has 3 aromatic carbocycles. The lowest BCUT2D eigenvalue weighted by Crippen LogP contribution is -2.26. The Bertz CT molecular complexity index is 1050. The van der Waals surface area contributed by atoms with E-state index in [9.17, 15) is 10.3 Å². The van der Waals surface area contributed by atoms with Crippen molar-refractivity contribution in [3.8, 4) is 16.9 Å². The summed E-state index contributed by atoms with van der Waals surface area (Å²) in [6.07, 6.45) is 1.49. The average molecular weight is 301 g/mol. The molecule has 1 aromatic heterocycles. The van der Waals surface area contributed by atoms with Gasteiger partial charge in [0.05, 0.1) is 5.56 Å². The Morgan fingerprint density at radius 3 is 2.57 bits per heavy atom. The number of phenols is 1. The van der Waals surface area contributed by atoms with Gasteiger partial charge >= 0.3 is 0 Å². The molecule has 4 aromatic rings. The van der Waals surface area contributed by atoms with Crippen LogP contribution in [-0.2, 0) is 0 Å². The van der Waals surface area contributed by atoms with Gasteiger partial charge in [0, 0.05) is 17.0 Å². The van der Waals surface area contributed by atoms with E-state index in [2.05, 4.69) is 0 Å². The summed E-state index contributed by atoms with van der Waals surface area (Å²) >= 11 is 0. The Kier molecular flexibility index (Phi) is 2.95. The number of benzene rings is 3. The van der Waals surface area contributed by atoms with Crippen molar-refractivity contribution in [3.63, 3.8) is 0 Å². The molecule has 0 unspecified atom stereocenters. The van der Waals surface area contributed by atoms with Crippen LogP contribution in [0.1, 0.15) is 5.56 Å². The molecule has 4 rings (SSSR count). The molecule has 0 saturated heterocycles. The smallest absolute Gasteiger partial charge is 0.231 e. The number of pyridine rings is 1. The fraction of sp³-hybridized carbons (Fsp3) is 0.0500. The molecule has 1 heterocycles. The molecule has 0 atom stereocenters. The van der Waals surface area contributed by atoms with Crippen molar-refractivity contribution < 1.29 is 9.84 Å². The van der Waals surface area contributed by atoms with Crippen LogP contribution >= 0.6 is 0 Å². The summed E-state index contributed by atoms with van der Waals surface area (Å²) < 4.78 is 0.866. The first-order valence-electron chi connectivity index (χ1n) is 7.49. The Morgan fingerprint density at radius 1 is 0.913 bits per heavy atom. The summed E-state index contributed by atoms with van der Waals surface area (Å²) in [4.78, 5) is 0. The van der Waals surface area contributed by atoms with Crippen molar-refractivity contribution in [1.82, 2.24) is 0 Å². The number of aromatic hydroxyl groups is 1. The van der Waals surface area contributed by atoms with Gasteiger partial charge < -0.3 is 10.3 Å². The Morgan fingerprint density at radius 2 is 1.70 bits per heavy atom. The zero-order chi connectivity index (χ0) is 16.0. The fourth-order valence-corrected chi connectivity index (χ4v) is 3.21. The number of phenolic OH excluding ortho intramolecular Hbond substituents is 1. The first-order chi connectivity index (χ1) is 11.1. The van der Waals surface area contributed by atoms with Gasteiger partial charge in [0.15, 0.2) is 6.20 Å². The quantitative estimate of drug-likeness (QED) is 0.421. The summed E-state index contributed by atoms with van der Waals surface area (Å²) in [6, 6.07) is 19.0. The minimum atomic E-state index is 0.180. The average Bonchev–Trinajstić information content (AvgIpc) is 2.54. The summed E-state index contributed by atoms with van der Waals surface area (Å²) in [7, 11) is 0. The molecule has 0 aliphatic carbocycles. The molecule has 0 amide bonds. The largest absolute Gasteiger partial charge is 0.618 e. The molecule has 0 spiro atoms. The number of nitrogens with zero attached hydrogens (tertiary/aromatic N) is 1. The second-order valence-corrected chi connectivity index (χ2v) is 5.77. The second-order valence-electron chi connectivity index (χ2n) is 5.77. The van der Waals surface area contributed by atoms with E-state index in [0.717, 1.165) is 32.0 Å². The molecule has 23 heavy (non-hydrogen) atoms. The van der Waals surface area contributed by atoms with E-state index in [1.54, 1.807) is 12.1 Å². The van der Waals surface area contributed by atoms with E-state index in [0.29, 0.717) is 11.1 Å². The maximum absolute atomic E-state index is 12.4. The number of hydrogen-bond donors (Lipinski definition) is 1. The van der Waals surface area contributed by atoms with Crippen LogP contribution in [0.4, 0.5) is 0 Å². The molecule has 0 bridgehead atoms. The predicted molar refractivity (Wildman–Crippen MR) is 92.3 cm³/mol. The lowest BCUT2D eigenvalue weighted by molar-refractivity contribution is -0.576. The fourth-order valence-electron chi connectivity index (χ4n) is 3.21. The topological polar surface area (TPSA) is 47.2 Å². The summed E-state index contributed by atoms with van der Waals surface area (Å²) in [6.45, 7) is 1.99. The zero-order valence-corrected chi connectivity index (χ0v) is 12.7. The standard InChI is InChI=1S/C20H15NO2/c1-13-11-15-6-4-10-21(23)20(15)17(12-13)19-16-7-3-2-5-14(16)8-9-18(19)22/h2-12,22H,1H3. The van der Waals surface area contributed by atoms with E-state index in [1.165, 1.54) is 6.20 Å². The normalized spacial score (nSPS) is 11.2. The monoisotopic (exact) mass is 301 g/mol. The van der Waals surface area contributed by atoms with Crippen LogP contribution in [0, 0.1) is 12.1 Å². The second kappa shape index (κ2) is 4.99. The van der Waals surface area contributed by atoms with Crippen LogP contribution in [0.3, 0.4) is 0 Å². The number of aromatic nitrogens is 1. The third kappa shape index (κ3) is 2.09. The summed E-state index contributed by atoms with van der Waals surface area (Å²) in [5, 5.41) is 25.7. The van der Waals surface area contributed by atoms with Gasteiger partial charge in [-0.15, -0.1) is 0 Å². The van der Waals surface area contributed by atoms with Gasteiger partial charge in [-0.2, -0.15) is 4.73 Å². The Balaban J connectivity index is 2.22. The van der Waals surface area contributed by atoms with Gasteiger partial charge in [-0.25, -0.2) is 0 Å². The summed E-state index contributed by atoms with van der Waals surface area (Å²) in [5.41, 5.74) is 3.08. The lowest BCUT2D eigenvalue weighted by atomic mass is 9.94. The maximum Gasteiger partial charge on any atom is 0.231 e. The molecule has 0 saturated carbocycles. The van der Waals surface area contributed by atoms with Gasteiger partial charge in [-0.05, 0) is 47.5 Å². The molecule has 0 radical (unpaired) electrons. The molecule has 0 aliphatic heterocycles. The number of hydrogen-bond acceptors (Lipinski definition) is 2. The maximum atomic E-state index is 12.4. The van der Waals surface area contributed by atoms with Crippen molar-refractivity contribution in [2.24, 2.45) is 0 Å². The highest BCUT2D eigenvalue weighted by Crippen LogP contribution is 2.39. The highest BCUT2D eigenvalue weighted by Gasteiger charge is 2.18. The van der Waals surface area contributed by atoms with Crippen LogP contribution in [-0.4, -0.2) is 5.11 Å². The first-order valence-corrected chi connectivity index (χ1v) is 7.49. The highest BCUT2D eigenvalue weighted by atomic mass is 16.5. The third-order valence-electron chi connectivity index (χ3n) is 4.18. The molecule has 0 aliphatic rings. The van der Waals surface area contributed by atoms with Gasteiger partial charge in [-0.3, -0.25) is 0 Å². The van der Waals surface area contributed by atoms with E-state index < -0.39 is 0 Å². The van der Waals surface area contributed by atoms with Crippen molar-refractivity contribution in [1.29, 1.82) is 0 Å². The van der Waals surface area contributed by atoms with Gasteiger partial charge in [0.25, 0.3) is 0 Å². The number of aryl methyl sites for hydroxylation is 1. The molecule has 0 fully saturated rings. The Labute approximate surface area is 133 Å². The number of rotatable bonds is 1. The first kappa shape index (κ1) is 13.6. The van der Waals surface area contributed by atoms with E-state index >= 15 is 0 Å². The Hall–Kier alpha value is -3.07. The highest BCUT2D eigenvalue weighted by molar-refractivity contribution is 6.05. The zero-order valence-electron chi connectivity index (χ0n) is 12.7. The van der Waals surface area contributed by atoms with Crippen LogP contribution in [0.2, 0.25) is 0 Å². The number of fused-ring (bicyclic) bond motifs is 2. The van der Waals surface area contributed by atoms with Crippen molar-refractivity contribution >= 4 is 21.7 Å². The lowest BCUT2D eigenvalue weighted by Gasteiger charge is -2.12. The van der Waals surface area contributed by atoms with E-state index in [1.807, 2.05) is 55.5 Å². The molecule has 1 N–H and O–H groups in total. The SMILES string of the molecule is Cc1cc(-c2c(O)ccc3ccccc23)c2c(ccc[n+]2[O-])c1. The molecule has 3 heteroatoms. The van der Waals surface area contributed by atoms with Crippen LogP contribution in [0.15, 0.2) is 66.9 Å². The van der Waals surface area contributed by atoms with Crippen molar-refractivity contribution in [2.45, 2.75) is 6.92 Å². The predicted octanol–water partition coefficient (Wildman–Crippen LogP) is 4.31. The van der Waals surface area contributed by atoms with Gasteiger partial charge in [0.1, 0.15) is 5.75 Å². The van der Waals surface area contributed by atoms with Crippen LogP contribution in [0.5, 0.6) is 5.75 Å². The van der Waals surface area contributed by atoms with E-state index in [4.69, 9.17) is 0 Å². The van der Waals surface area contributed by atoms with Crippen LogP contribution in [0.25, 0.3) is 32.8 Å². The molecule has 3 nitrogen and oxygen atoms in total. The van der Waals surface area contributed by atoms with Gasteiger partial charge in [0.2, 0.25) is 5.52 Å². The minimum absolute atomic E-state index is 0.180. The van der Waals surface area contributed by atoms with Crippen LogP contribution < -0.4 is 4.73 Å². The summed E-state index contributed by atoms with van der Waals surface area (Å²) in [5.74, 6) is 0.180.